The summed E-state index contributed by atoms with van der Waals surface area (Å²) in [5.41, 5.74) is -1.26. The number of hydrogen-bond acceptors (Lipinski definition) is 7. The Balaban J connectivity index is 1.76. The van der Waals surface area contributed by atoms with E-state index in [0.717, 1.165) is 6.26 Å². The Morgan fingerprint density at radius 1 is 1.12 bits per heavy atom. The molecule has 3 atom stereocenters. The highest BCUT2D eigenvalue weighted by atomic mass is 35.5. The molecule has 2 aromatic carbocycles. The second kappa shape index (κ2) is 10.8. The lowest BCUT2D eigenvalue weighted by atomic mass is 9.59. The van der Waals surface area contributed by atoms with Crippen molar-refractivity contribution >= 4 is 56.6 Å². The molecule has 3 aromatic rings. The number of halogens is 3. The van der Waals surface area contributed by atoms with Crippen LogP contribution in [0.3, 0.4) is 0 Å². The maximum Gasteiger partial charge on any atom is 0.277 e. The summed E-state index contributed by atoms with van der Waals surface area (Å²) in [5, 5.41) is 6.31. The van der Waals surface area contributed by atoms with Crippen LogP contribution in [0.1, 0.15) is 54.5 Å². The Bertz CT molecular complexity index is 1800. The highest BCUT2D eigenvalue weighted by Gasteiger charge is 2.62. The number of sulfonamides is 1. The van der Waals surface area contributed by atoms with Gasteiger partial charge in [0, 0.05) is 34.8 Å². The lowest BCUT2D eigenvalue weighted by molar-refractivity contribution is -0.133. The van der Waals surface area contributed by atoms with Crippen LogP contribution in [-0.2, 0) is 29.8 Å². The summed E-state index contributed by atoms with van der Waals surface area (Å²) < 4.78 is 46.1. The first-order chi connectivity index (χ1) is 20.0. The van der Waals surface area contributed by atoms with Gasteiger partial charge in [0.25, 0.3) is 5.91 Å². The third kappa shape index (κ3) is 5.54. The molecule has 10 nitrogen and oxygen atoms in total. The minimum absolute atomic E-state index is 0.148. The van der Waals surface area contributed by atoms with Gasteiger partial charge in [-0.2, -0.15) is 0 Å². The Morgan fingerprint density at radius 2 is 1.84 bits per heavy atom. The zero-order valence-corrected chi connectivity index (χ0v) is 25.7. The third-order valence-electron chi connectivity index (χ3n) is 7.70. The zero-order valence-electron chi connectivity index (χ0n) is 23.4. The minimum atomic E-state index is -3.92. The van der Waals surface area contributed by atoms with Crippen molar-refractivity contribution < 1.29 is 31.9 Å². The van der Waals surface area contributed by atoms with E-state index in [1.807, 2.05) is 4.72 Å². The number of hydrogen-bond donors (Lipinski definition) is 3. The normalized spacial score (nSPS) is 21.7. The fourth-order valence-electron chi connectivity index (χ4n) is 5.80. The van der Waals surface area contributed by atoms with E-state index < -0.39 is 56.5 Å². The summed E-state index contributed by atoms with van der Waals surface area (Å²) in [4.78, 5) is 44.9. The number of rotatable bonds is 6. The predicted octanol–water partition coefficient (Wildman–Crippen LogP) is 4.30. The van der Waals surface area contributed by atoms with Gasteiger partial charge in [-0.05, 0) is 67.8 Å². The van der Waals surface area contributed by atoms with Crippen LogP contribution in [-0.4, -0.2) is 43.0 Å². The number of carbonyl (C=O) groups excluding carboxylic acids is 3. The van der Waals surface area contributed by atoms with Crippen LogP contribution < -0.4 is 20.1 Å². The van der Waals surface area contributed by atoms with Crippen molar-refractivity contribution in [3.05, 3.63) is 86.8 Å². The number of benzene rings is 2. The molecule has 3 N–H and O–H groups in total. The number of carbonyl (C=O) groups is 3. The molecule has 2 aliphatic heterocycles. The Morgan fingerprint density at radius 3 is 2.53 bits per heavy atom. The molecule has 0 saturated carbocycles. The molecular weight excluding hydrogens is 622 g/mol. The second-order valence-corrected chi connectivity index (χ2v) is 13.8. The second-order valence-electron chi connectivity index (χ2n) is 11.1. The molecule has 43 heavy (non-hydrogen) atoms. The van der Waals surface area contributed by atoms with Crippen molar-refractivity contribution in [3.63, 3.8) is 0 Å². The van der Waals surface area contributed by atoms with Crippen LogP contribution in [0.2, 0.25) is 10.0 Å². The van der Waals surface area contributed by atoms with E-state index in [0.29, 0.717) is 27.4 Å². The Hall–Kier alpha value is -3.74. The summed E-state index contributed by atoms with van der Waals surface area (Å²) in [6.07, 6.45) is 1.85. The van der Waals surface area contributed by atoms with Crippen molar-refractivity contribution in [2.45, 2.75) is 50.2 Å². The maximum absolute atomic E-state index is 14.7. The zero-order chi connectivity index (χ0) is 31.5. The minimum Gasteiger partial charge on any atom is -0.461 e. The van der Waals surface area contributed by atoms with E-state index in [1.165, 1.54) is 38.2 Å². The molecule has 0 bridgehead atoms. The Kier molecular flexibility index (Phi) is 7.68. The first-order valence-corrected chi connectivity index (χ1v) is 15.7. The summed E-state index contributed by atoms with van der Waals surface area (Å²) >= 11 is 12.7. The number of anilines is 1. The number of piperidine rings is 1. The number of fused-ring (bicyclic) bond motifs is 2. The van der Waals surface area contributed by atoms with Crippen LogP contribution in [0.4, 0.5) is 10.1 Å². The molecule has 1 fully saturated rings. The average Bonchev–Trinajstić information content (AvgIpc) is 3.17. The highest BCUT2D eigenvalue weighted by Crippen LogP contribution is 2.59. The highest BCUT2D eigenvalue weighted by molar-refractivity contribution is 7.89. The molecule has 226 valence electrons. The fraction of sp³-hybridized carbons (Fsp3) is 0.310. The van der Waals surface area contributed by atoms with Crippen molar-refractivity contribution in [2.24, 2.45) is 0 Å². The van der Waals surface area contributed by atoms with Crippen molar-refractivity contribution in [3.8, 4) is 5.88 Å². The lowest BCUT2D eigenvalue weighted by Crippen LogP contribution is -2.57. The number of aromatic nitrogens is 1. The van der Waals surface area contributed by atoms with Crippen LogP contribution in [0, 0.1) is 12.7 Å². The van der Waals surface area contributed by atoms with E-state index in [9.17, 15) is 27.2 Å². The molecule has 0 aliphatic carbocycles. The summed E-state index contributed by atoms with van der Waals surface area (Å²) in [5.74, 6) is -3.63. The molecule has 0 radical (unpaired) electrons. The quantitative estimate of drug-likeness (QED) is 0.361. The van der Waals surface area contributed by atoms with Gasteiger partial charge in [-0.1, -0.05) is 35.3 Å². The first kappa shape index (κ1) is 30.7. The van der Waals surface area contributed by atoms with Crippen LogP contribution in [0.15, 0.2) is 48.7 Å². The molecule has 5 rings (SSSR count). The number of pyridine rings is 1. The molecule has 1 saturated heterocycles. The molecular formula is C29H27Cl2FN4O6S. The van der Waals surface area contributed by atoms with E-state index in [2.05, 4.69) is 15.6 Å². The van der Waals surface area contributed by atoms with E-state index in [1.54, 1.807) is 31.2 Å². The van der Waals surface area contributed by atoms with Gasteiger partial charge in [0.15, 0.2) is 5.60 Å². The maximum atomic E-state index is 14.7. The van der Waals surface area contributed by atoms with Crippen molar-refractivity contribution in [1.82, 2.24) is 15.0 Å². The number of aryl methyl sites for hydroxylation is 1. The summed E-state index contributed by atoms with van der Waals surface area (Å²) in [6.45, 7) is 4.43. The SMILES string of the molecule is Cc1ccc(F)cc1[C@@H]1NC(=O)C[C@H](c2cc(Cl)cnc2OC(C)(C)C(=O)NS(C)(=O)=O)C12C(=O)Nc1cc(Cl)ccc12. The van der Waals surface area contributed by atoms with Crippen LogP contribution in [0.25, 0.3) is 0 Å². The first-order valence-electron chi connectivity index (χ1n) is 13.1. The van der Waals surface area contributed by atoms with E-state index in [-0.39, 0.29) is 22.9 Å². The molecule has 1 unspecified atom stereocenters. The number of ether oxygens (including phenoxy) is 1. The van der Waals surface area contributed by atoms with Crippen molar-refractivity contribution in [2.75, 3.05) is 11.6 Å². The third-order valence-corrected chi connectivity index (χ3v) is 8.70. The smallest absolute Gasteiger partial charge is 0.277 e. The van der Waals surface area contributed by atoms with Gasteiger partial charge in [0.05, 0.1) is 17.3 Å². The van der Waals surface area contributed by atoms with Gasteiger partial charge in [-0.15, -0.1) is 0 Å². The van der Waals surface area contributed by atoms with Gasteiger partial charge in [0.2, 0.25) is 27.7 Å². The van der Waals surface area contributed by atoms with Gasteiger partial charge in [-0.25, -0.2) is 22.5 Å². The summed E-state index contributed by atoms with van der Waals surface area (Å²) in [6, 6.07) is 9.40. The number of nitrogens with one attached hydrogen (secondary N) is 3. The standard InChI is InChI=1S/C29H27Cl2FN4O6S/c1-14-5-7-17(32)11-18(14)24-29(20-8-6-15(30)10-22(20)34-27(29)39)21(12-23(37)35-24)19-9-16(31)13-33-25(19)42-28(2,3)26(38)36-43(4,40)41/h5-11,13,21,24H,12H2,1-4H3,(H,34,39)(H,35,37)(H,36,38)/t21-,24+,29?/m1/s1. The van der Waals surface area contributed by atoms with E-state index in [4.69, 9.17) is 27.9 Å². The molecule has 1 aromatic heterocycles. The van der Waals surface area contributed by atoms with Crippen LogP contribution >= 0.6 is 23.2 Å². The van der Waals surface area contributed by atoms with Crippen LogP contribution in [0.5, 0.6) is 5.88 Å². The van der Waals surface area contributed by atoms with Crippen molar-refractivity contribution in [1.29, 1.82) is 0 Å². The monoisotopic (exact) mass is 648 g/mol. The number of nitrogens with zero attached hydrogens (tertiary/aromatic N) is 1. The van der Waals surface area contributed by atoms with Gasteiger partial charge < -0.3 is 15.4 Å². The van der Waals surface area contributed by atoms with E-state index >= 15 is 0 Å². The average molecular weight is 650 g/mol. The molecule has 1 spiro atoms. The Labute approximate surface area is 257 Å². The molecule has 3 amide bonds. The predicted molar refractivity (Wildman–Crippen MR) is 158 cm³/mol. The van der Waals surface area contributed by atoms with Gasteiger partial charge >= 0.3 is 0 Å². The number of amides is 3. The van der Waals surface area contributed by atoms with Gasteiger partial charge in [0.1, 0.15) is 11.2 Å². The topological polar surface area (TPSA) is 144 Å². The lowest BCUT2D eigenvalue weighted by Gasteiger charge is -2.47. The molecule has 2 aliphatic rings. The fourth-order valence-corrected chi connectivity index (χ4v) is 6.72. The molecule has 14 heteroatoms. The largest absolute Gasteiger partial charge is 0.461 e. The molecule has 3 heterocycles. The summed E-state index contributed by atoms with van der Waals surface area (Å²) in [7, 11) is -3.92. The van der Waals surface area contributed by atoms with Gasteiger partial charge in [-0.3, -0.25) is 14.4 Å².